The van der Waals surface area contributed by atoms with Crippen molar-refractivity contribution in [1.29, 1.82) is 0 Å². The monoisotopic (exact) mass is 354 g/mol. The molecular weight excluding hydrogens is 331 g/mol. The van der Waals surface area contributed by atoms with Crippen molar-refractivity contribution in [2.45, 2.75) is 32.9 Å². The van der Waals surface area contributed by atoms with Gasteiger partial charge in [-0.25, -0.2) is 4.39 Å². The summed E-state index contributed by atoms with van der Waals surface area (Å²) in [6.45, 7) is 4.77. The molecule has 3 rings (SSSR count). The summed E-state index contributed by atoms with van der Waals surface area (Å²) in [5.41, 5.74) is 2.51. The van der Waals surface area contributed by atoms with Gasteiger partial charge in [-0.1, -0.05) is 61.5 Å². The van der Waals surface area contributed by atoms with E-state index in [1.54, 1.807) is 6.07 Å². The smallest absolute Gasteiger partial charge is 0.225 e. The Balaban J connectivity index is 1.67. The van der Waals surface area contributed by atoms with Crippen LogP contribution in [0.4, 0.5) is 4.39 Å². The number of halogens is 1. The van der Waals surface area contributed by atoms with Gasteiger partial charge in [0.25, 0.3) is 0 Å². The Hall–Kier alpha value is -2.69. The van der Waals surface area contributed by atoms with Crippen LogP contribution in [0.15, 0.2) is 59.8 Å². The normalized spacial score (nSPS) is 16.3. The van der Waals surface area contributed by atoms with Crippen molar-refractivity contribution in [2.75, 3.05) is 6.54 Å². The lowest BCUT2D eigenvalue weighted by Gasteiger charge is -2.26. The molecule has 1 heterocycles. The SMILES string of the molecule is CC(C)C(=O)N(Cc1ccccc1)C[C@H]1CC(c2cccc(F)c2)=NO1. The number of oxime groups is 1. The van der Waals surface area contributed by atoms with Crippen LogP contribution in [0, 0.1) is 11.7 Å². The van der Waals surface area contributed by atoms with Gasteiger partial charge in [-0.3, -0.25) is 4.79 Å². The fourth-order valence-electron chi connectivity index (χ4n) is 3.01. The topological polar surface area (TPSA) is 41.9 Å². The molecule has 5 heteroatoms. The molecule has 1 aliphatic heterocycles. The number of carbonyl (C=O) groups excluding carboxylic acids is 1. The Labute approximate surface area is 153 Å². The highest BCUT2D eigenvalue weighted by Gasteiger charge is 2.27. The van der Waals surface area contributed by atoms with E-state index in [1.165, 1.54) is 12.1 Å². The molecule has 1 aliphatic rings. The van der Waals surface area contributed by atoms with Crippen molar-refractivity contribution in [3.8, 4) is 0 Å². The number of hydrogen-bond acceptors (Lipinski definition) is 3. The summed E-state index contributed by atoms with van der Waals surface area (Å²) in [4.78, 5) is 20.0. The van der Waals surface area contributed by atoms with Crippen molar-refractivity contribution >= 4 is 11.6 Å². The highest BCUT2D eigenvalue weighted by atomic mass is 19.1. The standard InChI is InChI=1S/C21H23FN2O2/c1-15(2)21(25)24(13-16-7-4-3-5-8-16)14-19-12-20(23-26-19)17-9-6-10-18(22)11-17/h3-11,15,19H,12-14H2,1-2H3/t19-/m1/s1. The zero-order valence-electron chi connectivity index (χ0n) is 15.1. The summed E-state index contributed by atoms with van der Waals surface area (Å²) in [7, 11) is 0. The second-order valence-electron chi connectivity index (χ2n) is 6.84. The van der Waals surface area contributed by atoms with Crippen LogP contribution in [-0.4, -0.2) is 29.2 Å². The quantitative estimate of drug-likeness (QED) is 0.787. The number of nitrogens with zero attached hydrogens (tertiary/aromatic N) is 2. The second-order valence-corrected chi connectivity index (χ2v) is 6.84. The van der Waals surface area contributed by atoms with Crippen LogP contribution in [0.25, 0.3) is 0 Å². The van der Waals surface area contributed by atoms with Crippen LogP contribution in [-0.2, 0) is 16.2 Å². The Bertz CT molecular complexity index is 790. The second kappa shape index (κ2) is 8.13. The largest absolute Gasteiger partial charge is 0.390 e. The van der Waals surface area contributed by atoms with Gasteiger partial charge in [-0.15, -0.1) is 0 Å². The maximum atomic E-state index is 13.4. The fraction of sp³-hybridized carbons (Fsp3) is 0.333. The zero-order valence-corrected chi connectivity index (χ0v) is 15.1. The fourth-order valence-corrected chi connectivity index (χ4v) is 3.01. The highest BCUT2D eigenvalue weighted by Crippen LogP contribution is 2.20. The van der Waals surface area contributed by atoms with Gasteiger partial charge in [0.05, 0.1) is 12.3 Å². The first-order chi connectivity index (χ1) is 12.5. The maximum absolute atomic E-state index is 13.4. The van der Waals surface area contributed by atoms with Crippen molar-refractivity contribution in [3.05, 3.63) is 71.5 Å². The summed E-state index contributed by atoms with van der Waals surface area (Å²) < 4.78 is 13.4. The third kappa shape index (κ3) is 4.48. The van der Waals surface area contributed by atoms with Crippen molar-refractivity contribution < 1.29 is 14.0 Å². The lowest BCUT2D eigenvalue weighted by atomic mass is 10.0. The average Bonchev–Trinajstić information content (AvgIpc) is 3.10. The van der Waals surface area contributed by atoms with Crippen LogP contribution in [0.2, 0.25) is 0 Å². The van der Waals surface area contributed by atoms with Gasteiger partial charge in [0, 0.05) is 24.4 Å². The van der Waals surface area contributed by atoms with Gasteiger partial charge >= 0.3 is 0 Å². The van der Waals surface area contributed by atoms with E-state index in [-0.39, 0.29) is 23.7 Å². The van der Waals surface area contributed by atoms with Crippen LogP contribution in [0.5, 0.6) is 0 Å². The summed E-state index contributed by atoms with van der Waals surface area (Å²) >= 11 is 0. The summed E-state index contributed by atoms with van der Waals surface area (Å²) in [6.07, 6.45) is 0.333. The molecule has 0 saturated heterocycles. The van der Waals surface area contributed by atoms with Gasteiger partial charge in [-0.2, -0.15) is 0 Å². The molecule has 0 aromatic heterocycles. The molecule has 0 saturated carbocycles. The summed E-state index contributed by atoms with van der Waals surface area (Å²) in [5.74, 6) is -0.310. The van der Waals surface area contributed by atoms with E-state index < -0.39 is 0 Å². The molecule has 2 aromatic carbocycles. The molecule has 1 amide bonds. The van der Waals surface area contributed by atoms with E-state index in [9.17, 15) is 9.18 Å². The van der Waals surface area contributed by atoms with E-state index in [0.29, 0.717) is 25.2 Å². The van der Waals surface area contributed by atoms with Gasteiger partial charge in [0.1, 0.15) is 5.82 Å². The van der Waals surface area contributed by atoms with Gasteiger partial charge in [-0.05, 0) is 17.7 Å². The molecule has 0 fully saturated rings. The van der Waals surface area contributed by atoms with Gasteiger partial charge < -0.3 is 9.74 Å². The lowest BCUT2D eigenvalue weighted by molar-refractivity contribution is -0.136. The van der Waals surface area contributed by atoms with E-state index in [1.807, 2.05) is 55.1 Å². The van der Waals surface area contributed by atoms with Crippen LogP contribution >= 0.6 is 0 Å². The minimum atomic E-state index is -0.297. The molecule has 136 valence electrons. The third-order valence-corrected chi connectivity index (χ3v) is 4.34. The molecule has 0 spiro atoms. The predicted octanol–water partition coefficient (Wildman–Crippen LogP) is 4.00. The molecule has 26 heavy (non-hydrogen) atoms. The first-order valence-electron chi connectivity index (χ1n) is 8.84. The van der Waals surface area contributed by atoms with E-state index in [2.05, 4.69) is 5.16 Å². The molecule has 0 N–H and O–H groups in total. The summed E-state index contributed by atoms with van der Waals surface area (Å²) in [5, 5.41) is 4.10. The number of hydrogen-bond donors (Lipinski definition) is 0. The minimum Gasteiger partial charge on any atom is -0.390 e. The molecule has 1 atom stereocenters. The van der Waals surface area contributed by atoms with Crippen LogP contribution in [0.3, 0.4) is 0 Å². The Morgan fingerprint density at radius 3 is 2.69 bits per heavy atom. The first kappa shape index (κ1) is 18.1. The van der Waals surface area contributed by atoms with E-state index in [4.69, 9.17) is 4.84 Å². The van der Waals surface area contributed by atoms with E-state index >= 15 is 0 Å². The summed E-state index contributed by atoms with van der Waals surface area (Å²) in [6, 6.07) is 16.2. The van der Waals surface area contributed by atoms with Crippen LogP contribution < -0.4 is 0 Å². The Morgan fingerprint density at radius 1 is 1.23 bits per heavy atom. The number of amides is 1. The zero-order chi connectivity index (χ0) is 18.5. The molecule has 2 aromatic rings. The highest BCUT2D eigenvalue weighted by molar-refractivity contribution is 6.01. The Kier molecular flexibility index (Phi) is 5.66. The molecule has 4 nitrogen and oxygen atoms in total. The van der Waals surface area contributed by atoms with Crippen molar-refractivity contribution in [1.82, 2.24) is 4.90 Å². The lowest BCUT2D eigenvalue weighted by Crippen LogP contribution is -2.39. The third-order valence-electron chi connectivity index (χ3n) is 4.34. The first-order valence-corrected chi connectivity index (χ1v) is 8.84. The molecule has 0 radical (unpaired) electrons. The maximum Gasteiger partial charge on any atom is 0.225 e. The molecule has 0 unspecified atom stereocenters. The van der Waals surface area contributed by atoms with E-state index in [0.717, 1.165) is 11.1 Å². The van der Waals surface area contributed by atoms with Gasteiger partial charge in [0.15, 0.2) is 6.10 Å². The predicted molar refractivity (Wildman–Crippen MR) is 99.1 cm³/mol. The number of carbonyl (C=O) groups is 1. The number of benzene rings is 2. The van der Waals surface area contributed by atoms with Crippen molar-refractivity contribution in [2.24, 2.45) is 11.1 Å². The molecule has 0 aliphatic carbocycles. The molecule has 0 bridgehead atoms. The minimum absolute atomic E-state index is 0.0802. The Morgan fingerprint density at radius 2 is 2.00 bits per heavy atom. The number of rotatable bonds is 6. The van der Waals surface area contributed by atoms with Crippen molar-refractivity contribution in [3.63, 3.8) is 0 Å². The van der Waals surface area contributed by atoms with Crippen LogP contribution in [0.1, 0.15) is 31.4 Å². The average molecular weight is 354 g/mol. The van der Waals surface area contributed by atoms with Gasteiger partial charge in [0.2, 0.25) is 5.91 Å². The molecular formula is C21H23FN2O2.